The minimum Gasteiger partial charge on any atom is -0.478 e. The average Bonchev–Trinajstić information content (AvgIpc) is 2.92. The van der Waals surface area contributed by atoms with Crippen molar-refractivity contribution in [1.29, 1.82) is 0 Å². The van der Waals surface area contributed by atoms with Crippen LogP contribution < -0.4 is 5.73 Å². The van der Waals surface area contributed by atoms with Gasteiger partial charge < -0.3 is 15.4 Å². The number of nitrogens with zero attached hydrogens (tertiary/aromatic N) is 1. The zero-order chi connectivity index (χ0) is 21.3. The molecule has 1 aromatic heterocycles. The van der Waals surface area contributed by atoms with Crippen LogP contribution in [0.15, 0.2) is 59.3 Å². The van der Waals surface area contributed by atoms with Crippen LogP contribution in [-0.4, -0.2) is 36.9 Å². The maximum Gasteiger partial charge on any atom is 0.335 e. The largest absolute Gasteiger partial charge is 0.478 e. The highest BCUT2D eigenvalue weighted by molar-refractivity contribution is 7.90. The quantitative estimate of drug-likeness (QED) is 0.589. The van der Waals surface area contributed by atoms with E-state index in [0.717, 1.165) is 6.26 Å². The van der Waals surface area contributed by atoms with Crippen molar-refractivity contribution in [2.24, 2.45) is 5.73 Å². The molecule has 6 nitrogen and oxygen atoms in total. The van der Waals surface area contributed by atoms with Crippen LogP contribution in [0.3, 0.4) is 0 Å². The minimum absolute atomic E-state index is 0. The molecular weight excluding hydrogens is 431 g/mol. The molecule has 160 valence electrons. The van der Waals surface area contributed by atoms with Gasteiger partial charge in [0.1, 0.15) is 5.83 Å². The van der Waals surface area contributed by atoms with E-state index in [1.807, 2.05) is 0 Å². The first-order valence-electron chi connectivity index (χ1n) is 8.84. The molecule has 0 aliphatic rings. The molecule has 0 atom stereocenters. The zero-order valence-corrected chi connectivity index (χ0v) is 18.1. The van der Waals surface area contributed by atoms with Crippen LogP contribution in [0.2, 0.25) is 0 Å². The first-order valence-corrected chi connectivity index (χ1v) is 10.7. The van der Waals surface area contributed by atoms with Crippen molar-refractivity contribution in [3.8, 4) is 11.1 Å². The summed E-state index contributed by atoms with van der Waals surface area (Å²) in [5.41, 5.74) is 8.09. The van der Waals surface area contributed by atoms with E-state index in [9.17, 15) is 22.7 Å². The third kappa shape index (κ3) is 4.56. The van der Waals surface area contributed by atoms with E-state index in [4.69, 9.17) is 5.73 Å². The number of halogens is 2. The lowest BCUT2D eigenvalue weighted by Gasteiger charge is -2.08. The van der Waals surface area contributed by atoms with E-state index in [0.29, 0.717) is 27.7 Å². The molecule has 1 heterocycles. The van der Waals surface area contributed by atoms with E-state index in [1.165, 1.54) is 24.3 Å². The number of hydrogen-bond acceptors (Lipinski definition) is 4. The molecule has 0 amide bonds. The highest BCUT2D eigenvalue weighted by Gasteiger charge is 2.19. The summed E-state index contributed by atoms with van der Waals surface area (Å²) in [5.74, 6) is -1.49. The van der Waals surface area contributed by atoms with Crippen LogP contribution in [0.4, 0.5) is 4.39 Å². The van der Waals surface area contributed by atoms with Crippen molar-refractivity contribution in [2.75, 3.05) is 12.8 Å². The van der Waals surface area contributed by atoms with E-state index < -0.39 is 21.6 Å². The average molecular weight is 453 g/mol. The summed E-state index contributed by atoms with van der Waals surface area (Å²) in [4.78, 5) is 11.6. The van der Waals surface area contributed by atoms with Crippen molar-refractivity contribution in [3.05, 3.63) is 65.6 Å². The summed E-state index contributed by atoms with van der Waals surface area (Å²) < 4.78 is 39.9. The first kappa shape index (κ1) is 23.6. The summed E-state index contributed by atoms with van der Waals surface area (Å²) in [6.45, 7) is 1.80. The Hall–Kier alpha value is -2.68. The second kappa shape index (κ2) is 8.99. The summed E-state index contributed by atoms with van der Waals surface area (Å²) in [6, 6.07) is 11.0. The second-order valence-electron chi connectivity index (χ2n) is 6.77. The number of aromatic nitrogens is 1. The third-order valence-electron chi connectivity index (χ3n) is 4.77. The first-order chi connectivity index (χ1) is 13.6. The lowest BCUT2D eigenvalue weighted by atomic mass is 10.0. The fourth-order valence-electron chi connectivity index (χ4n) is 3.41. The van der Waals surface area contributed by atoms with Gasteiger partial charge in [-0.2, -0.15) is 0 Å². The SMILES string of the molecule is Cc1c(-c2cccc(S(C)(=O)=O)c2)c2cc(C(=O)O)ccc2n1CC(F)=CCN.Cl. The van der Waals surface area contributed by atoms with Gasteiger partial charge in [0.15, 0.2) is 9.84 Å². The highest BCUT2D eigenvalue weighted by atomic mass is 35.5. The normalized spacial score (nSPS) is 12.1. The maximum atomic E-state index is 14.2. The van der Waals surface area contributed by atoms with Crippen LogP contribution in [-0.2, 0) is 16.4 Å². The van der Waals surface area contributed by atoms with Crippen LogP contribution >= 0.6 is 12.4 Å². The lowest BCUT2D eigenvalue weighted by Crippen LogP contribution is -2.03. The second-order valence-corrected chi connectivity index (χ2v) is 8.79. The Morgan fingerprint density at radius 2 is 1.93 bits per heavy atom. The fraction of sp³-hybridized carbons (Fsp3) is 0.190. The summed E-state index contributed by atoms with van der Waals surface area (Å²) >= 11 is 0. The molecule has 2 aromatic carbocycles. The van der Waals surface area contributed by atoms with Gasteiger partial charge >= 0.3 is 5.97 Å². The molecule has 0 saturated carbocycles. The maximum absolute atomic E-state index is 14.2. The number of nitrogens with two attached hydrogens (primary N) is 1. The molecule has 3 N–H and O–H groups in total. The van der Waals surface area contributed by atoms with Gasteiger partial charge in [-0.15, -0.1) is 12.4 Å². The summed E-state index contributed by atoms with van der Waals surface area (Å²) in [6.07, 6.45) is 2.40. The van der Waals surface area contributed by atoms with Crippen molar-refractivity contribution in [2.45, 2.75) is 18.4 Å². The van der Waals surface area contributed by atoms with Crippen molar-refractivity contribution in [1.82, 2.24) is 4.57 Å². The van der Waals surface area contributed by atoms with E-state index in [1.54, 1.807) is 35.8 Å². The summed E-state index contributed by atoms with van der Waals surface area (Å²) in [7, 11) is -3.42. The summed E-state index contributed by atoms with van der Waals surface area (Å²) in [5, 5.41) is 9.98. The van der Waals surface area contributed by atoms with E-state index in [-0.39, 0.29) is 36.0 Å². The molecular formula is C21H22ClFN2O4S. The molecule has 0 aliphatic heterocycles. The van der Waals surface area contributed by atoms with Crippen molar-refractivity contribution >= 4 is 39.1 Å². The van der Waals surface area contributed by atoms with Gasteiger partial charge in [-0.3, -0.25) is 0 Å². The molecule has 3 rings (SSSR count). The highest BCUT2D eigenvalue weighted by Crippen LogP contribution is 2.36. The Balaban J connectivity index is 0.00000320. The monoisotopic (exact) mass is 452 g/mol. The number of carbonyl (C=O) groups is 1. The molecule has 0 aliphatic carbocycles. The number of fused-ring (bicyclic) bond motifs is 1. The topological polar surface area (TPSA) is 102 Å². The molecule has 0 fully saturated rings. The van der Waals surface area contributed by atoms with Gasteiger partial charge in [-0.25, -0.2) is 17.6 Å². The fourth-order valence-corrected chi connectivity index (χ4v) is 4.08. The Morgan fingerprint density at radius 1 is 1.23 bits per heavy atom. The van der Waals surface area contributed by atoms with Gasteiger partial charge in [0.2, 0.25) is 0 Å². The number of carboxylic acids is 1. The predicted octanol–water partition coefficient (Wildman–Crippen LogP) is 3.95. The molecule has 0 unspecified atom stereocenters. The molecule has 0 radical (unpaired) electrons. The van der Waals surface area contributed by atoms with Crippen LogP contribution in [0, 0.1) is 6.92 Å². The van der Waals surface area contributed by atoms with Crippen LogP contribution in [0.1, 0.15) is 16.1 Å². The number of benzene rings is 2. The van der Waals surface area contributed by atoms with Gasteiger partial charge in [0.05, 0.1) is 17.0 Å². The molecule has 9 heteroatoms. The van der Waals surface area contributed by atoms with Gasteiger partial charge in [-0.05, 0) is 48.9 Å². The van der Waals surface area contributed by atoms with Gasteiger partial charge in [0, 0.05) is 35.0 Å². The molecule has 0 bridgehead atoms. The predicted molar refractivity (Wildman–Crippen MR) is 118 cm³/mol. The molecule has 3 aromatic rings. The lowest BCUT2D eigenvalue weighted by molar-refractivity contribution is 0.0697. The van der Waals surface area contributed by atoms with Crippen LogP contribution in [0.25, 0.3) is 22.0 Å². The molecule has 0 spiro atoms. The Morgan fingerprint density at radius 3 is 2.53 bits per heavy atom. The van der Waals surface area contributed by atoms with E-state index >= 15 is 0 Å². The van der Waals surface area contributed by atoms with Crippen molar-refractivity contribution < 1.29 is 22.7 Å². The Bertz CT molecular complexity index is 1250. The number of carboxylic acid groups (broad SMARTS) is 1. The Labute approximate surface area is 180 Å². The van der Waals surface area contributed by atoms with Gasteiger partial charge in [-0.1, -0.05) is 12.1 Å². The Kier molecular flexibility index (Phi) is 7.07. The third-order valence-corrected chi connectivity index (χ3v) is 5.88. The van der Waals surface area contributed by atoms with Crippen molar-refractivity contribution in [3.63, 3.8) is 0 Å². The smallest absolute Gasteiger partial charge is 0.335 e. The molecule has 0 saturated heterocycles. The molecule has 30 heavy (non-hydrogen) atoms. The van der Waals surface area contributed by atoms with Gasteiger partial charge in [0.25, 0.3) is 0 Å². The van der Waals surface area contributed by atoms with E-state index in [2.05, 4.69) is 0 Å². The minimum atomic E-state index is -3.42. The number of hydrogen-bond donors (Lipinski definition) is 2. The zero-order valence-electron chi connectivity index (χ0n) is 16.4. The number of sulfone groups is 1. The van der Waals surface area contributed by atoms with Crippen LogP contribution in [0.5, 0.6) is 0 Å². The number of aromatic carboxylic acids is 1. The number of rotatable bonds is 6. The number of allylic oxidation sites excluding steroid dienone is 1. The standard InChI is InChI=1S/C21H21FN2O4S.ClH/c1-13-20(14-4-3-5-17(10-14)29(2,27)28)18-11-15(21(25)26)6-7-19(18)24(13)12-16(22)8-9-23;/h3-8,10-11H,9,12,23H2,1-2H3,(H,25,26);1H.